The van der Waals surface area contributed by atoms with Gasteiger partial charge in [-0.05, 0) is 38.5 Å². The molecule has 1 unspecified atom stereocenters. The van der Waals surface area contributed by atoms with Crippen LogP contribution in [0.25, 0.3) is 0 Å². The van der Waals surface area contributed by atoms with Crippen LogP contribution in [-0.2, 0) is 13.0 Å². The fourth-order valence-corrected chi connectivity index (χ4v) is 2.60. The minimum Gasteiger partial charge on any atom is -0.496 e. The molecule has 0 saturated carbocycles. The summed E-state index contributed by atoms with van der Waals surface area (Å²) in [7, 11) is 1.69. The van der Waals surface area contributed by atoms with E-state index in [-0.39, 0.29) is 6.10 Å². The summed E-state index contributed by atoms with van der Waals surface area (Å²) < 4.78 is 11.3. The van der Waals surface area contributed by atoms with Crippen molar-refractivity contribution in [3.63, 3.8) is 0 Å². The highest BCUT2D eigenvalue weighted by atomic mass is 16.5. The predicted molar refractivity (Wildman–Crippen MR) is 85.6 cm³/mol. The van der Waals surface area contributed by atoms with Crippen LogP contribution in [0.1, 0.15) is 29.3 Å². The van der Waals surface area contributed by atoms with Gasteiger partial charge >= 0.3 is 0 Å². The van der Waals surface area contributed by atoms with Gasteiger partial charge in [-0.2, -0.15) is 0 Å². The molecule has 1 aliphatic rings. The van der Waals surface area contributed by atoms with Crippen LogP contribution >= 0.6 is 0 Å². The van der Waals surface area contributed by atoms with Crippen molar-refractivity contribution in [2.45, 2.75) is 39.8 Å². The summed E-state index contributed by atoms with van der Waals surface area (Å²) in [5.74, 6) is 2.44. The molecule has 0 bridgehead atoms. The quantitative estimate of drug-likeness (QED) is 0.940. The monoisotopic (exact) mass is 299 g/mol. The highest BCUT2D eigenvalue weighted by Crippen LogP contribution is 2.35. The maximum atomic E-state index is 5.82. The zero-order valence-electron chi connectivity index (χ0n) is 13.4. The molecule has 116 valence electrons. The van der Waals surface area contributed by atoms with Crippen molar-refractivity contribution in [1.82, 2.24) is 9.97 Å². The molecular formula is C17H21N3O2. The van der Waals surface area contributed by atoms with Crippen molar-refractivity contribution in [1.29, 1.82) is 0 Å². The average molecular weight is 299 g/mol. The van der Waals surface area contributed by atoms with Crippen LogP contribution in [0.15, 0.2) is 18.3 Å². The number of ether oxygens (including phenoxy) is 2. The molecule has 1 atom stereocenters. The van der Waals surface area contributed by atoms with E-state index in [0.29, 0.717) is 12.5 Å². The van der Waals surface area contributed by atoms with Crippen LogP contribution in [0.4, 0.5) is 5.95 Å². The van der Waals surface area contributed by atoms with E-state index in [4.69, 9.17) is 9.47 Å². The molecule has 0 saturated heterocycles. The lowest BCUT2D eigenvalue weighted by molar-refractivity contribution is 0.254. The maximum absolute atomic E-state index is 5.82. The molecule has 2 aromatic rings. The molecule has 1 aromatic heterocycles. The topological polar surface area (TPSA) is 56.3 Å². The Hall–Kier alpha value is -2.30. The van der Waals surface area contributed by atoms with Crippen LogP contribution in [0.2, 0.25) is 0 Å². The van der Waals surface area contributed by atoms with E-state index in [1.807, 2.05) is 26.1 Å². The number of methoxy groups -OCH3 is 1. The molecule has 0 amide bonds. The maximum Gasteiger partial charge on any atom is 0.223 e. The van der Waals surface area contributed by atoms with Crippen molar-refractivity contribution in [3.05, 3.63) is 40.7 Å². The molecular weight excluding hydrogens is 278 g/mol. The summed E-state index contributed by atoms with van der Waals surface area (Å²) >= 11 is 0. The first kappa shape index (κ1) is 14.6. The summed E-state index contributed by atoms with van der Waals surface area (Å²) in [5, 5.41) is 3.25. The van der Waals surface area contributed by atoms with Crippen molar-refractivity contribution in [2.24, 2.45) is 0 Å². The molecule has 1 aromatic carbocycles. The summed E-state index contributed by atoms with van der Waals surface area (Å²) in [6, 6.07) is 4.11. The smallest absolute Gasteiger partial charge is 0.223 e. The number of aryl methyl sites for hydroxylation is 2. The number of fused-ring (bicyclic) bond motifs is 1. The lowest BCUT2D eigenvalue weighted by Crippen LogP contribution is -2.06. The van der Waals surface area contributed by atoms with Crippen molar-refractivity contribution in [3.8, 4) is 11.5 Å². The minimum atomic E-state index is 0.228. The Kier molecular flexibility index (Phi) is 3.88. The Labute approximate surface area is 130 Å². The zero-order valence-corrected chi connectivity index (χ0v) is 13.4. The fourth-order valence-electron chi connectivity index (χ4n) is 2.60. The molecule has 0 aliphatic carbocycles. The Morgan fingerprint density at radius 3 is 2.91 bits per heavy atom. The molecule has 1 N–H and O–H groups in total. The van der Waals surface area contributed by atoms with Gasteiger partial charge in [0.25, 0.3) is 0 Å². The van der Waals surface area contributed by atoms with Gasteiger partial charge in [0.2, 0.25) is 5.95 Å². The van der Waals surface area contributed by atoms with E-state index in [1.165, 1.54) is 5.56 Å². The normalized spacial score (nSPS) is 16.1. The number of nitrogens with zero attached hydrogens (tertiary/aromatic N) is 2. The van der Waals surface area contributed by atoms with Crippen LogP contribution in [-0.4, -0.2) is 23.2 Å². The highest BCUT2D eigenvalue weighted by Gasteiger charge is 2.21. The number of nitrogens with one attached hydrogen (secondary N) is 1. The molecule has 22 heavy (non-hydrogen) atoms. The standard InChI is InChI=1S/C17H21N3O2/c1-10-8-18-17(20-12(10)3)19-9-14-7-16-13(5-11(2)22-16)6-15(14)21-4/h6-8,11H,5,9H2,1-4H3,(H,18,19,20). The lowest BCUT2D eigenvalue weighted by atomic mass is 10.1. The Morgan fingerprint density at radius 1 is 1.36 bits per heavy atom. The largest absolute Gasteiger partial charge is 0.496 e. The number of anilines is 1. The molecule has 0 fully saturated rings. The number of rotatable bonds is 4. The third-order valence-electron chi connectivity index (χ3n) is 3.96. The second-order valence-corrected chi connectivity index (χ2v) is 5.72. The summed E-state index contributed by atoms with van der Waals surface area (Å²) in [5.41, 5.74) is 4.31. The fraction of sp³-hybridized carbons (Fsp3) is 0.412. The Balaban J connectivity index is 1.80. The highest BCUT2D eigenvalue weighted by molar-refractivity contribution is 5.49. The third-order valence-corrected chi connectivity index (χ3v) is 3.96. The third kappa shape index (κ3) is 2.84. The first-order valence-corrected chi connectivity index (χ1v) is 7.47. The van der Waals surface area contributed by atoms with E-state index in [0.717, 1.165) is 34.7 Å². The van der Waals surface area contributed by atoms with Gasteiger partial charge in [0.1, 0.15) is 17.6 Å². The van der Waals surface area contributed by atoms with Crippen molar-refractivity contribution < 1.29 is 9.47 Å². The number of hydrogen-bond donors (Lipinski definition) is 1. The van der Waals surface area contributed by atoms with Crippen LogP contribution in [0.5, 0.6) is 11.5 Å². The van der Waals surface area contributed by atoms with Crippen LogP contribution < -0.4 is 14.8 Å². The van der Waals surface area contributed by atoms with E-state index in [9.17, 15) is 0 Å². The van der Waals surface area contributed by atoms with Crippen molar-refractivity contribution in [2.75, 3.05) is 12.4 Å². The second-order valence-electron chi connectivity index (χ2n) is 5.72. The first-order valence-electron chi connectivity index (χ1n) is 7.47. The molecule has 5 heteroatoms. The molecule has 5 nitrogen and oxygen atoms in total. The Morgan fingerprint density at radius 2 is 2.18 bits per heavy atom. The number of aromatic nitrogens is 2. The van der Waals surface area contributed by atoms with E-state index in [1.54, 1.807) is 7.11 Å². The van der Waals surface area contributed by atoms with Gasteiger partial charge in [0.05, 0.1) is 7.11 Å². The molecule has 1 aliphatic heterocycles. The average Bonchev–Trinajstić information content (AvgIpc) is 2.86. The van der Waals surface area contributed by atoms with Gasteiger partial charge in [-0.15, -0.1) is 0 Å². The van der Waals surface area contributed by atoms with Gasteiger partial charge in [-0.1, -0.05) is 0 Å². The summed E-state index contributed by atoms with van der Waals surface area (Å²) in [4.78, 5) is 8.73. The first-order chi connectivity index (χ1) is 10.6. The van der Waals surface area contributed by atoms with Crippen molar-refractivity contribution >= 4 is 5.95 Å². The van der Waals surface area contributed by atoms with Gasteiger partial charge < -0.3 is 14.8 Å². The van der Waals surface area contributed by atoms with Gasteiger partial charge in [0.15, 0.2) is 0 Å². The van der Waals surface area contributed by atoms with Crippen LogP contribution in [0.3, 0.4) is 0 Å². The molecule has 2 heterocycles. The molecule has 0 radical (unpaired) electrons. The summed E-state index contributed by atoms with van der Waals surface area (Å²) in [6.07, 6.45) is 2.99. The number of benzene rings is 1. The van der Waals surface area contributed by atoms with Gasteiger partial charge in [-0.3, -0.25) is 0 Å². The second kappa shape index (κ2) is 5.83. The van der Waals surface area contributed by atoms with E-state index < -0.39 is 0 Å². The zero-order chi connectivity index (χ0) is 15.7. The minimum absolute atomic E-state index is 0.228. The van der Waals surface area contributed by atoms with Gasteiger partial charge in [-0.25, -0.2) is 9.97 Å². The van der Waals surface area contributed by atoms with E-state index >= 15 is 0 Å². The SMILES string of the molecule is COc1cc2c(cc1CNc1ncc(C)c(C)n1)OC(C)C2. The van der Waals surface area contributed by atoms with E-state index in [2.05, 4.69) is 28.3 Å². The lowest BCUT2D eigenvalue weighted by Gasteiger charge is -2.12. The molecule has 0 spiro atoms. The number of hydrogen-bond acceptors (Lipinski definition) is 5. The predicted octanol–water partition coefficient (Wildman–Crippen LogP) is 3.04. The van der Waals surface area contributed by atoms with Crippen LogP contribution in [0, 0.1) is 13.8 Å². The molecule has 3 rings (SSSR count). The van der Waals surface area contributed by atoms with Gasteiger partial charge in [0, 0.05) is 36.0 Å². The summed E-state index contributed by atoms with van der Waals surface area (Å²) in [6.45, 7) is 6.65. The Bertz CT molecular complexity index is 701.